The molecule has 2 aromatic heterocycles. The molecule has 0 saturated carbocycles. The average molecular weight is 304 g/mol. The first-order valence-electron chi connectivity index (χ1n) is 6.90. The lowest BCUT2D eigenvalue weighted by atomic mass is 10.1. The van der Waals surface area contributed by atoms with E-state index in [1.165, 1.54) is 0 Å². The largest absolute Gasteiger partial charge is 0.379 e. The zero-order chi connectivity index (χ0) is 14.6. The third-order valence-electron chi connectivity index (χ3n) is 4.03. The second kappa shape index (κ2) is 4.58. The van der Waals surface area contributed by atoms with Crippen molar-refractivity contribution >= 4 is 33.4 Å². The molecule has 0 bridgehead atoms. The molecule has 1 atom stereocenters. The molecule has 4 rings (SSSR count). The molecule has 5 nitrogen and oxygen atoms in total. The van der Waals surface area contributed by atoms with Gasteiger partial charge in [0.25, 0.3) is 5.56 Å². The summed E-state index contributed by atoms with van der Waals surface area (Å²) in [5.74, 6) is 0. The molecule has 0 spiro atoms. The highest BCUT2D eigenvalue weighted by Crippen LogP contribution is 2.29. The number of benzene rings is 1. The summed E-state index contributed by atoms with van der Waals surface area (Å²) in [5.41, 5.74) is 1.28. The Bertz CT molecular complexity index is 907. The number of rotatable bonds is 1. The quantitative estimate of drug-likeness (QED) is 0.694. The number of fused-ring (bicyclic) bond motifs is 3. The summed E-state index contributed by atoms with van der Waals surface area (Å²) in [6.07, 6.45) is 2.71. The highest BCUT2D eigenvalue weighted by atomic mass is 35.5. The second-order valence-corrected chi connectivity index (χ2v) is 5.86. The van der Waals surface area contributed by atoms with E-state index in [1.54, 1.807) is 9.25 Å². The molecule has 0 unspecified atom stereocenters. The number of aryl methyl sites for hydroxylation is 1. The van der Waals surface area contributed by atoms with Gasteiger partial charge in [0, 0.05) is 35.6 Å². The third-order valence-corrected chi connectivity index (χ3v) is 4.27. The van der Waals surface area contributed by atoms with Gasteiger partial charge in [0.15, 0.2) is 5.52 Å². The lowest BCUT2D eigenvalue weighted by molar-refractivity contribution is 0.187. The van der Waals surface area contributed by atoms with Crippen molar-refractivity contribution in [1.82, 2.24) is 14.3 Å². The van der Waals surface area contributed by atoms with Crippen LogP contribution in [0.4, 0.5) is 0 Å². The van der Waals surface area contributed by atoms with E-state index in [9.17, 15) is 4.79 Å². The number of pyridine rings is 1. The van der Waals surface area contributed by atoms with Crippen LogP contribution in [-0.2, 0) is 11.8 Å². The first-order chi connectivity index (χ1) is 10.1. The molecule has 3 heterocycles. The molecule has 6 heteroatoms. The highest BCUT2D eigenvalue weighted by molar-refractivity contribution is 6.31. The fraction of sp³-hybridized carbons (Fsp3) is 0.333. The third kappa shape index (κ3) is 1.88. The van der Waals surface area contributed by atoms with Crippen molar-refractivity contribution in [1.29, 1.82) is 0 Å². The summed E-state index contributed by atoms with van der Waals surface area (Å²) in [4.78, 5) is 12.8. The molecule has 0 radical (unpaired) electrons. The van der Waals surface area contributed by atoms with Crippen LogP contribution in [0.15, 0.2) is 29.2 Å². The number of aromatic nitrogens is 3. The summed E-state index contributed by atoms with van der Waals surface area (Å²) in [6.45, 7) is 1.24. The van der Waals surface area contributed by atoms with Crippen molar-refractivity contribution in [2.24, 2.45) is 7.05 Å². The fourth-order valence-corrected chi connectivity index (χ4v) is 3.25. The molecule has 0 amide bonds. The lowest BCUT2D eigenvalue weighted by Gasteiger charge is -2.16. The lowest BCUT2D eigenvalue weighted by Crippen LogP contribution is -2.26. The Labute approximate surface area is 125 Å². The van der Waals surface area contributed by atoms with Gasteiger partial charge in [-0.2, -0.15) is 5.10 Å². The number of nitrogens with zero attached hydrogens (tertiary/aromatic N) is 3. The van der Waals surface area contributed by atoms with E-state index in [1.807, 2.05) is 31.4 Å². The molecule has 0 aliphatic carbocycles. The molecule has 0 N–H and O–H groups in total. The van der Waals surface area contributed by atoms with Gasteiger partial charge >= 0.3 is 0 Å². The number of hydrogen-bond acceptors (Lipinski definition) is 3. The van der Waals surface area contributed by atoms with E-state index in [2.05, 4.69) is 5.10 Å². The summed E-state index contributed by atoms with van der Waals surface area (Å²) < 4.78 is 8.92. The predicted octanol–water partition coefficient (Wildman–Crippen LogP) is 2.50. The van der Waals surface area contributed by atoms with Crippen LogP contribution in [0.2, 0.25) is 5.02 Å². The predicted molar refractivity (Wildman–Crippen MR) is 82.0 cm³/mol. The van der Waals surface area contributed by atoms with Gasteiger partial charge in [-0.15, -0.1) is 0 Å². The maximum absolute atomic E-state index is 12.8. The SMILES string of the molecule is Cn1cc2c(n1)c(=O)n([C@H]1CCOC1)c1cc(Cl)ccc21. The Morgan fingerprint density at radius 2 is 2.24 bits per heavy atom. The standard InChI is InChI=1S/C15H14ClN3O2/c1-18-7-12-11-3-2-9(16)6-13(11)19(10-4-5-21-8-10)15(20)14(12)17-18/h2-3,6-7,10H,4-5,8H2,1H3/t10-/m0/s1. The molecular formula is C15H14ClN3O2. The molecule has 21 heavy (non-hydrogen) atoms. The number of hydrogen-bond donors (Lipinski definition) is 0. The van der Waals surface area contributed by atoms with E-state index < -0.39 is 0 Å². The van der Waals surface area contributed by atoms with Crippen LogP contribution < -0.4 is 5.56 Å². The van der Waals surface area contributed by atoms with Gasteiger partial charge in [-0.3, -0.25) is 9.48 Å². The molecule has 3 aromatic rings. The molecule has 1 fully saturated rings. The van der Waals surface area contributed by atoms with Gasteiger partial charge in [0.05, 0.1) is 18.2 Å². The van der Waals surface area contributed by atoms with Crippen LogP contribution in [-0.4, -0.2) is 27.6 Å². The van der Waals surface area contributed by atoms with Crippen molar-refractivity contribution in [3.63, 3.8) is 0 Å². The Morgan fingerprint density at radius 1 is 1.38 bits per heavy atom. The zero-order valence-corrected chi connectivity index (χ0v) is 12.3. The Morgan fingerprint density at radius 3 is 3.00 bits per heavy atom. The fourth-order valence-electron chi connectivity index (χ4n) is 3.09. The van der Waals surface area contributed by atoms with E-state index in [-0.39, 0.29) is 11.6 Å². The van der Waals surface area contributed by atoms with Crippen LogP contribution in [0, 0.1) is 0 Å². The molecule has 108 valence electrons. The van der Waals surface area contributed by atoms with Crippen LogP contribution in [0.25, 0.3) is 21.8 Å². The van der Waals surface area contributed by atoms with Crippen LogP contribution in [0.5, 0.6) is 0 Å². The van der Waals surface area contributed by atoms with Gasteiger partial charge in [-0.1, -0.05) is 17.7 Å². The van der Waals surface area contributed by atoms with Gasteiger partial charge in [0.1, 0.15) is 0 Å². The van der Waals surface area contributed by atoms with Crippen LogP contribution in [0.1, 0.15) is 12.5 Å². The van der Waals surface area contributed by atoms with E-state index in [0.29, 0.717) is 23.8 Å². The maximum atomic E-state index is 12.8. The van der Waals surface area contributed by atoms with Gasteiger partial charge < -0.3 is 9.30 Å². The number of ether oxygens (including phenoxy) is 1. The van der Waals surface area contributed by atoms with Gasteiger partial charge in [-0.05, 0) is 18.6 Å². The smallest absolute Gasteiger partial charge is 0.279 e. The second-order valence-electron chi connectivity index (χ2n) is 5.42. The topological polar surface area (TPSA) is 49.0 Å². The van der Waals surface area contributed by atoms with Crippen molar-refractivity contribution in [3.8, 4) is 0 Å². The van der Waals surface area contributed by atoms with E-state index >= 15 is 0 Å². The molecule has 1 aliphatic heterocycles. The summed E-state index contributed by atoms with van der Waals surface area (Å²) in [7, 11) is 1.82. The highest BCUT2D eigenvalue weighted by Gasteiger charge is 2.23. The molecular weight excluding hydrogens is 290 g/mol. The Balaban J connectivity index is 2.19. The van der Waals surface area contributed by atoms with Crippen molar-refractivity contribution in [2.75, 3.05) is 13.2 Å². The maximum Gasteiger partial charge on any atom is 0.279 e. The molecule has 1 saturated heterocycles. The van der Waals surface area contributed by atoms with E-state index in [0.717, 1.165) is 22.7 Å². The van der Waals surface area contributed by atoms with Crippen molar-refractivity contribution in [3.05, 3.63) is 39.8 Å². The summed E-state index contributed by atoms with van der Waals surface area (Å²) >= 11 is 6.14. The monoisotopic (exact) mass is 303 g/mol. The van der Waals surface area contributed by atoms with Crippen LogP contribution >= 0.6 is 11.6 Å². The minimum atomic E-state index is -0.0733. The molecule has 1 aromatic carbocycles. The van der Waals surface area contributed by atoms with Gasteiger partial charge in [-0.25, -0.2) is 0 Å². The first kappa shape index (κ1) is 12.9. The molecule has 1 aliphatic rings. The minimum absolute atomic E-state index is 0.0462. The van der Waals surface area contributed by atoms with E-state index in [4.69, 9.17) is 16.3 Å². The van der Waals surface area contributed by atoms with Gasteiger partial charge in [0.2, 0.25) is 0 Å². The zero-order valence-electron chi connectivity index (χ0n) is 11.5. The van der Waals surface area contributed by atoms with Crippen LogP contribution in [0.3, 0.4) is 0 Å². The Kier molecular flexibility index (Phi) is 2.80. The van der Waals surface area contributed by atoms with Crippen molar-refractivity contribution < 1.29 is 4.74 Å². The van der Waals surface area contributed by atoms with Crippen molar-refractivity contribution in [2.45, 2.75) is 12.5 Å². The normalized spacial score (nSPS) is 18.9. The summed E-state index contributed by atoms with van der Waals surface area (Å²) in [5, 5.41) is 6.81. The number of halogens is 1. The Hall–Kier alpha value is -1.85. The average Bonchev–Trinajstić information content (AvgIpc) is 3.08. The summed E-state index contributed by atoms with van der Waals surface area (Å²) in [6, 6.07) is 5.69. The first-order valence-corrected chi connectivity index (χ1v) is 7.28. The minimum Gasteiger partial charge on any atom is -0.379 e.